The van der Waals surface area contributed by atoms with E-state index in [0.717, 1.165) is 12.0 Å². The number of carbonyl (C=O) groups is 2. The molecule has 6 heteroatoms. The first-order valence-electron chi connectivity index (χ1n) is 13.0. The van der Waals surface area contributed by atoms with Crippen LogP contribution in [-0.4, -0.2) is 46.3 Å². The van der Waals surface area contributed by atoms with E-state index in [1.165, 1.54) is 0 Å². The van der Waals surface area contributed by atoms with Crippen LogP contribution in [0.25, 0.3) is 0 Å². The number of rotatable bonds is 11. The first-order valence-corrected chi connectivity index (χ1v) is 13.0. The Kier molecular flexibility index (Phi) is 9.62. The summed E-state index contributed by atoms with van der Waals surface area (Å²) in [6.07, 6.45) is 6.85. The lowest BCUT2D eigenvalue weighted by atomic mass is 9.86. The van der Waals surface area contributed by atoms with Crippen molar-refractivity contribution in [3.8, 4) is 0 Å². The monoisotopic (exact) mass is 510 g/mol. The third-order valence-corrected chi connectivity index (χ3v) is 6.80. The van der Waals surface area contributed by atoms with E-state index in [-0.39, 0.29) is 17.7 Å². The maximum atomic E-state index is 13.0. The fourth-order valence-electron chi connectivity index (χ4n) is 4.70. The van der Waals surface area contributed by atoms with Gasteiger partial charge in [-0.3, -0.25) is 9.59 Å². The molecule has 0 bridgehead atoms. The maximum Gasteiger partial charge on any atom is 0.251 e. The molecule has 0 fully saturated rings. The lowest BCUT2D eigenvalue weighted by Crippen LogP contribution is -2.57. The van der Waals surface area contributed by atoms with Crippen LogP contribution in [0.3, 0.4) is 0 Å². The number of benzene rings is 3. The Bertz CT molecular complexity index is 1230. The molecule has 2 amide bonds. The van der Waals surface area contributed by atoms with Gasteiger partial charge in [-0.15, -0.1) is 0 Å². The molecule has 0 spiro atoms. The minimum absolute atomic E-state index is 0.0920. The molecule has 1 aliphatic rings. The molecule has 6 nitrogen and oxygen atoms in total. The molecule has 0 aliphatic heterocycles. The van der Waals surface area contributed by atoms with Crippen LogP contribution in [0.1, 0.15) is 39.1 Å². The Balaban J connectivity index is 1.56. The Hall–Kier alpha value is -4.00. The van der Waals surface area contributed by atoms with Gasteiger partial charge in [-0.05, 0) is 55.0 Å². The van der Waals surface area contributed by atoms with Gasteiger partial charge in [0, 0.05) is 11.1 Å². The number of nitrogens with one attached hydrogen (secondary N) is 2. The van der Waals surface area contributed by atoms with Gasteiger partial charge in [0.1, 0.15) is 12.2 Å². The highest BCUT2D eigenvalue weighted by Gasteiger charge is 2.35. The van der Waals surface area contributed by atoms with Crippen LogP contribution in [0, 0.1) is 5.92 Å². The van der Waals surface area contributed by atoms with E-state index in [9.17, 15) is 19.8 Å². The van der Waals surface area contributed by atoms with Crippen LogP contribution in [0.15, 0.2) is 115 Å². The van der Waals surface area contributed by atoms with Crippen LogP contribution in [-0.2, 0) is 6.42 Å². The van der Waals surface area contributed by atoms with Crippen molar-refractivity contribution in [1.82, 2.24) is 10.6 Å². The number of aliphatic hydroxyl groups excluding tert-OH is 2. The quantitative estimate of drug-likeness (QED) is 0.313. The largest absolute Gasteiger partial charge is 0.388 e. The highest BCUT2D eigenvalue weighted by Crippen LogP contribution is 2.22. The molecule has 0 heterocycles. The Labute approximate surface area is 223 Å². The predicted octanol–water partition coefficient (Wildman–Crippen LogP) is 4.07. The molecule has 4 rings (SSSR count). The zero-order valence-corrected chi connectivity index (χ0v) is 21.2. The molecule has 3 aromatic carbocycles. The fraction of sp³-hybridized carbons (Fsp3) is 0.250. The molecule has 0 saturated heterocycles. The number of hydrogen-bond donors (Lipinski definition) is 4. The highest BCUT2D eigenvalue weighted by molar-refractivity contribution is 5.95. The van der Waals surface area contributed by atoms with Crippen LogP contribution >= 0.6 is 0 Å². The number of carbonyl (C=O) groups excluding carboxylic acids is 2. The molecule has 0 saturated carbocycles. The van der Waals surface area contributed by atoms with Gasteiger partial charge in [0.25, 0.3) is 11.8 Å². The van der Waals surface area contributed by atoms with Crippen LogP contribution in [0.5, 0.6) is 0 Å². The van der Waals surface area contributed by atoms with Gasteiger partial charge in [-0.1, -0.05) is 91.0 Å². The summed E-state index contributed by atoms with van der Waals surface area (Å²) >= 11 is 0. The normalized spacial score (nSPS) is 17.7. The molecule has 38 heavy (non-hydrogen) atoms. The summed E-state index contributed by atoms with van der Waals surface area (Å²) in [7, 11) is 0. The van der Waals surface area contributed by atoms with E-state index < -0.39 is 24.3 Å². The van der Waals surface area contributed by atoms with Crippen LogP contribution in [0.4, 0.5) is 0 Å². The zero-order valence-electron chi connectivity index (χ0n) is 21.2. The van der Waals surface area contributed by atoms with Crippen molar-refractivity contribution in [3.05, 3.63) is 132 Å². The van der Waals surface area contributed by atoms with Crippen LogP contribution in [0.2, 0.25) is 0 Å². The molecule has 3 aromatic rings. The number of aliphatic hydroxyl groups is 2. The minimum Gasteiger partial charge on any atom is -0.388 e. The topological polar surface area (TPSA) is 98.7 Å². The van der Waals surface area contributed by atoms with E-state index in [0.29, 0.717) is 24.0 Å². The third-order valence-electron chi connectivity index (χ3n) is 6.80. The SMILES string of the molecule is O=C(N[C@@H](Cc1ccccc1)[C@H](O)[C@H](O)[C@H](CC1C=CC=CC1)NC(=O)c1ccccc1)c1ccccc1. The molecule has 196 valence electrons. The summed E-state index contributed by atoms with van der Waals surface area (Å²) in [4.78, 5) is 26.1. The molecule has 1 unspecified atom stereocenters. The summed E-state index contributed by atoms with van der Waals surface area (Å²) in [5.41, 5.74) is 1.83. The number of hydrogen-bond acceptors (Lipinski definition) is 4. The Morgan fingerprint density at radius 1 is 0.711 bits per heavy atom. The van der Waals surface area contributed by atoms with Crippen molar-refractivity contribution >= 4 is 11.8 Å². The third kappa shape index (κ3) is 7.51. The van der Waals surface area contributed by atoms with Gasteiger partial charge in [0.05, 0.1) is 12.1 Å². The van der Waals surface area contributed by atoms with Crippen LogP contribution < -0.4 is 10.6 Å². The van der Waals surface area contributed by atoms with Gasteiger partial charge in [0.2, 0.25) is 0 Å². The summed E-state index contributed by atoms with van der Waals surface area (Å²) in [6, 6.07) is 25.5. The lowest BCUT2D eigenvalue weighted by Gasteiger charge is -2.34. The van der Waals surface area contributed by atoms with Gasteiger partial charge >= 0.3 is 0 Å². The van der Waals surface area contributed by atoms with Crippen molar-refractivity contribution in [2.24, 2.45) is 5.92 Å². The Morgan fingerprint density at radius 2 is 1.21 bits per heavy atom. The summed E-state index contributed by atoms with van der Waals surface area (Å²) in [5.74, 6) is -0.581. The number of amides is 2. The van der Waals surface area contributed by atoms with E-state index in [1.807, 2.05) is 66.8 Å². The number of allylic oxidation sites excluding steroid dienone is 4. The van der Waals surface area contributed by atoms with Gasteiger partial charge in [-0.25, -0.2) is 0 Å². The summed E-state index contributed by atoms with van der Waals surface area (Å²) < 4.78 is 0. The van der Waals surface area contributed by atoms with E-state index >= 15 is 0 Å². The molecular weight excluding hydrogens is 476 g/mol. The first-order chi connectivity index (χ1) is 18.5. The summed E-state index contributed by atoms with van der Waals surface area (Å²) in [5, 5.41) is 28.8. The smallest absolute Gasteiger partial charge is 0.251 e. The second kappa shape index (κ2) is 13.5. The predicted molar refractivity (Wildman–Crippen MR) is 149 cm³/mol. The second-order valence-electron chi connectivity index (χ2n) is 9.61. The summed E-state index contributed by atoms with van der Waals surface area (Å²) in [6.45, 7) is 0. The molecule has 0 aromatic heterocycles. The minimum atomic E-state index is -1.34. The molecule has 4 N–H and O–H groups in total. The van der Waals surface area contributed by atoms with Crippen molar-refractivity contribution in [2.75, 3.05) is 0 Å². The standard InChI is InChI=1S/C32H34N2O4/c35-29(27(21-23-13-5-1-6-14-23)33-31(37)25-17-9-3-10-18-25)30(36)28(22-24-15-7-2-8-16-24)34-32(38)26-19-11-4-12-20-26/h1-15,17-20,24,27-30,35-36H,16,21-22H2,(H,33,37)(H,34,38)/t24?,27-,28-,29-,30+/m0/s1. The van der Waals surface area contributed by atoms with E-state index in [4.69, 9.17) is 0 Å². The van der Waals surface area contributed by atoms with E-state index in [2.05, 4.69) is 10.6 Å². The van der Waals surface area contributed by atoms with Crippen molar-refractivity contribution in [2.45, 2.75) is 43.6 Å². The first kappa shape index (κ1) is 27.0. The van der Waals surface area contributed by atoms with Crippen molar-refractivity contribution in [3.63, 3.8) is 0 Å². The molecule has 1 aliphatic carbocycles. The molecule has 5 atom stereocenters. The molecule has 0 radical (unpaired) electrons. The van der Waals surface area contributed by atoms with Gasteiger partial charge in [0.15, 0.2) is 0 Å². The zero-order chi connectivity index (χ0) is 26.7. The second-order valence-corrected chi connectivity index (χ2v) is 9.61. The van der Waals surface area contributed by atoms with E-state index in [1.54, 1.807) is 48.5 Å². The van der Waals surface area contributed by atoms with Crippen molar-refractivity contribution < 1.29 is 19.8 Å². The maximum absolute atomic E-state index is 13.0. The molecular formula is C32H34N2O4. The van der Waals surface area contributed by atoms with Crippen molar-refractivity contribution in [1.29, 1.82) is 0 Å². The van der Waals surface area contributed by atoms with Gasteiger partial charge in [-0.2, -0.15) is 0 Å². The lowest BCUT2D eigenvalue weighted by molar-refractivity contribution is -0.0251. The van der Waals surface area contributed by atoms with Gasteiger partial charge < -0.3 is 20.8 Å². The fourth-order valence-corrected chi connectivity index (χ4v) is 4.70. The Morgan fingerprint density at radius 3 is 1.74 bits per heavy atom. The average Bonchev–Trinajstić information content (AvgIpc) is 2.97. The average molecular weight is 511 g/mol. The highest BCUT2D eigenvalue weighted by atomic mass is 16.3.